The van der Waals surface area contributed by atoms with E-state index in [2.05, 4.69) is 25.1 Å². The molecule has 6 heteroatoms. The molecular weight excluding hydrogens is 494 g/mol. The van der Waals surface area contributed by atoms with Crippen LogP contribution < -0.4 is 0 Å². The molecule has 1 aromatic heterocycles. The Morgan fingerprint density at radius 2 is 1.82 bits per heavy atom. The fourth-order valence-electron chi connectivity index (χ4n) is 6.44. The van der Waals surface area contributed by atoms with Gasteiger partial charge in [0.2, 0.25) is 11.8 Å². The molecule has 2 amide bonds. The molecule has 0 saturated carbocycles. The second-order valence-corrected chi connectivity index (χ2v) is 11.5. The molecule has 38 heavy (non-hydrogen) atoms. The van der Waals surface area contributed by atoms with Gasteiger partial charge >= 0.3 is 0 Å². The Bertz CT molecular complexity index is 1410. The van der Waals surface area contributed by atoms with Crippen molar-refractivity contribution in [1.29, 1.82) is 0 Å². The molecule has 3 heterocycles. The van der Waals surface area contributed by atoms with Crippen molar-refractivity contribution in [2.24, 2.45) is 17.8 Å². The van der Waals surface area contributed by atoms with Crippen LogP contribution in [0.25, 0.3) is 11.6 Å². The van der Waals surface area contributed by atoms with Crippen LogP contribution in [0.15, 0.2) is 83.3 Å². The lowest BCUT2D eigenvalue weighted by molar-refractivity contribution is -0.140. The molecule has 2 aromatic carbocycles. The normalized spacial score (nSPS) is 25.2. The Hall–Kier alpha value is -3.48. The summed E-state index contributed by atoms with van der Waals surface area (Å²) in [7, 11) is 0. The van der Waals surface area contributed by atoms with Crippen LogP contribution in [0.4, 0.5) is 0 Å². The standard InChI is InChI=1S/C32H31NO4S/c1-20-16-25-30(32(36)33(31(25)35)18-24-11-7-15-38-24)26-19-37-28(29(20)26)14-13-22(21-8-3-2-4-9-21)17-23-10-5-6-12-27(23)34/h2-12,15,17,25-26,28,30,34H,13-14,16,18-19H2,1H3/b22-17-/t25-,26+,28-,30-/m1/s1. The third-order valence-electron chi connectivity index (χ3n) is 8.22. The van der Waals surface area contributed by atoms with E-state index in [0.29, 0.717) is 19.6 Å². The zero-order valence-corrected chi connectivity index (χ0v) is 22.2. The Morgan fingerprint density at radius 3 is 2.58 bits per heavy atom. The van der Waals surface area contributed by atoms with Gasteiger partial charge in [0, 0.05) is 16.4 Å². The first kappa shape index (κ1) is 24.8. The van der Waals surface area contributed by atoms with Crippen LogP contribution in [-0.2, 0) is 20.9 Å². The molecule has 1 aliphatic carbocycles. The summed E-state index contributed by atoms with van der Waals surface area (Å²) < 4.78 is 6.35. The third kappa shape index (κ3) is 4.52. The molecule has 4 atom stereocenters. The first-order valence-corrected chi connectivity index (χ1v) is 14.1. The summed E-state index contributed by atoms with van der Waals surface area (Å²) in [6.45, 7) is 2.95. The van der Waals surface area contributed by atoms with Crippen molar-refractivity contribution in [2.45, 2.75) is 38.8 Å². The molecule has 0 radical (unpaired) electrons. The Balaban J connectivity index is 1.23. The highest BCUT2D eigenvalue weighted by molar-refractivity contribution is 7.09. The number of para-hydroxylation sites is 1. The Morgan fingerprint density at radius 1 is 1.03 bits per heavy atom. The van der Waals surface area contributed by atoms with Crippen LogP contribution in [0, 0.1) is 17.8 Å². The number of amides is 2. The van der Waals surface area contributed by atoms with Gasteiger partial charge in [-0.05, 0) is 66.5 Å². The number of ether oxygens (including phenoxy) is 1. The van der Waals surface area contributed by atoms with E-state index in [9.17, 15) is 14.7 Å². The summed E-state index contributed by atoms with van der Waals surface area (Å²) in [4.78, 5) is 29.3. The van der Waals surface area contributed by atoms with Gasteiger partial charge < -0.3 is 9.84 Å². The van der Waals surface area contributed by atoms with E-state index in [4.69, 9.17) is 4.74 Å². The fraction of sp³-hybridized carbons (Fsp3) is 0.312. The molecule has 1 N–H and O–H groups in total. The van der Waals surface area contributed by atoms with Gasteiger partial charge in [-0.3, -0.25) is 14.5 Å². The molecule has 6 rings (SSSR count). The van der Waals surface area contributed by atoms with Crippen molar-refractivity contribution in [3.05, 3.63) is 99.3 Å². The predicted molar refractivity (Wildman–Crippen MR) is 149 cm³/mol. The second-order valence-electron chi connectivity index (χ2n) is 10.5. The molecule has 2 fully saturated rings. The van der Waals surface area contributed by atoms with Gasteiger partial charge in [-0.2, -0.15) is 0 Å². The zero-order chi connectivity index (χ0) is 26.2. The monoisotopic (exact) mass is 525 g/mol. The van der Waals surface area contributed by atoms with E-state index >= 15 is 0 Å². The molecule has 3 aromatic rings. The molecule has 2 saturated heterocycles. The number of likely N-dealkylation sites (tertiary alicyclic amines) is 1. The first-order chi connectivity index (χ1) is 18.5. The number of hydrogen-bond acceptors (Lipinski definition) is 5. The molecule has 5 nitrogen and oxygen atoms in total. The number of phenolic OH excluding ortho intramolecular Hbond substituents is 1. The van der Waals surface area contributed by atoms with Crippen molar-refractivity contribution in [3.8, 4) is 5.75 Å². The second kappa shape index (κ2) is 10.4. The van der Waals surface area contributed by atoms with E-state index in [-0.39, 0.29) is 41.4 Å². The van der Waals surface area contributed by atoms with Gasteiger partial charge in [-0.25, -0.2) is 0 Å². The summed E-state index contributed by atoms with van der Waals surface area (Å²) in [6.07, 6.45) is 4.14. The van der Waals surface area contributed by atoms with Gasteiger partial charge in [-0.1, -0.05) is 60.2 Å². The maximum absolute atomic E-state index is 13.5. The largest absolute Gasteiger partial charge is 0.507 e. The summed E-state index contributed by atoms with van der Waals surface area (Å²) in [5.41, 5.74) is 5.44. The van der Waals surface area contributed by atoms with E-state index < -0.39 is 0 Å². The first-order valence-electron chi connectivity index (χ1n) is 13.2. The number of thiophene rings is 1. The highest BCUT2D eigenvalue weighted by Crippen LogP contribution is 2.50. The number of carbonyl (C=O) groups is 2. The number of nitrogens with zero attached hydrogens (tertiary/aromatic N) is 1. The minimum absolute atomic E-state index is 0.0350. The molecule has 2 aliphatic heterocycles. The number of hydrogen-bond donors (Lipinski definition) is 1. The number of benzene rings is 2. The van der Waals surface area contributed by atoms with Gasteiger partial charge in [0.15, 0.2) is 0 Å². The molecule has 0 bridgehead atoms. The van der Waals surface area contributed by atoms with Crippen LogP contribution in [0.1, 0.15) is 42.2 Å². The van der Waals surface area contributed by atoms with Crippen LogP contribution in [0.5, 0.6) is 5.75 Å². The summed E-state index contributed by atoms with van der Waals surface area (Å²) in [5, 5.41) is 12.3. The number of aromatic hydroxyl groups is 1. The maximum Gasteiger partial charge on any atom is 0.234 e. The highest BCUT2D eigenvalue weighted by Gasteiger charge is 2.56. The van der Waals surface area contributed by atoms with Crippen molar-refractivity contribution in [1.82, 2.24) is 4.90 Å². The Kier molecular flexibility index (Phi) is 6.76. The number of rotatable bonds is 7. The van der Waals surface area contributed by atoms with Gasteiger partial charge in [0.05, 0.1) is 31.1 Å². The number of carbonyl (C=O) groups excluding carboxylic acids is 2. The smallest absolute Gasteiger partial charge is 0.234 e. The SMILES string of the molecule is CC1=C2[C@@H](CC/C(=C/c3ccccc3O)c3ccccc3)OC[C@@H]2[C@@H]2C(=O)N(Cc3cccs3)C(=O)[C@@H]2C1. The van der Waals surface area contributed by atoms with Crippen molar-refractivity contribution >= 4 is 34.8 Å². The van der Waals surface area contributed by atoms with E-state index in [1.807, 2.05) is 53.9 Å². The predicted octanol–water partition coefficient (Wildman–Crippen LogP) is 6.31. The lowest BCUT2D eigenvalue weighted by atomic mass is 9.70. The van der Waals surface area contributed by atoms with Crippen molar-refractivity contribution in [3.63, 3.8) is 0 Å². The lowest BCUT2D eigenvalue weighted by Crippen LogP contribution is -2.34. The topological polar surface area (TPSA) is 66.8 Å². The fourth-order valence-corrected chi connectivity index (χ4v) is 7.14. The Labute approximate surface area is 227 Å². The quantitative estimate of drug-likeness (QED) is 0.223. The zero-order valence-electron chi connectivity index (χ0n) is 21.4. The van der Waals surface area contributed by atoms with Crippen LogP contribution in [0.3, 0.4) is 0 Å². The minimum Gasteiger partial charge on any atom is -0.507 e. The summed E-state index contributed by atoms with van der Waals surface area (Å²) in [6, 6.07) is 21.5. The number of imide groups is 1. The lowest BCUT2D eigenvalue weighted by Gasteiger charge is -2.30. The third-order valence-corrected chi connectivity index (χ3v) is 9.09. The molecule has 3 aliphatic rings. The van der Waals surface area contributed by atoms with Crippen LogP contribution in [0.2, 0.25) is 0 Å². The maximum atomic E-state index is 13.5. The number of phenols is 1. The van der Waals surface area contributed by atoms with E-state index in [1.54, 1.807) is 17.4 Å². The van der Waals surface area contributed by atoms with Crippen molar-refractivity contribution in [2.75, 3.05) is 6.61 Å². The molecular formula is C32H31NO4S. The van der Waals surface area contributed by atoms with E-state index in [1.165, 1.54) is 16.0 Å². The average molecular weight is 526 g/mol. The summed E-state index contributed by atoms with van der Waals surface area (Å²) >= 11 is 1.57. The number of allylic oxidation sites excluding steroid dienone is 2. The minimum atomic E-state index is -0.323. The van der Waals surface area contributed by atoms with Crippen molar-refractivity contribution < 1.29 is 19.4 Å². The molecule has 0 unspecified atom stereocenters. The van der Waals surface area contributed by atoms with Gasteiger partial charge in [-0.15, -0.1) is 11.3 Å². The molecule has 194 valence electrons. The van der Waals surface area contributed by atoms with Gasteiger partial charge in [0.1, 0.15) is 5.75 Å². The van der Waals surface area contributed by atoms with E-state index in [0.717, 1.165) is 34.4 Å². The highest BCUT2D eigenvalue weighted by atomic mass is 32.1. The number of fused-ring (bicyclic) bond motifs is 3. The molecule has 0 spiro atoms. The summed E-state index contributed by atoms with van der Waals surface area (Å²) in [5.74, 6) is -0.461. The average Bonchev–Trinajstić information content (AvgIpc) is 3.65. The van der Waals surface area contributed by atoms with Gasteiger partial charge in [0.25, 0.3) is 0 Å². The van der Waals surface area contributed by atoms with Crippen LogP contribution >= 0.6 is 11.3 Å². The van der Waals surface area contributed by atoms with Crippen LogP contribution in [-0.4, -0.2) is 34.5 Å².